The van der Waals surface area contributed by atoms with E-state index in [9.17, 15) is 4.79 Å². The quantitative estimate of drug-likeness (QED) is 0.671. The fraction of sp³-hybridized carbons (Fsp3) is 0.450. The van der Waals surface area contributed by atoms with Crippen molar-refractivity contribution in [2.24, 2.45) is 0 Å². The highest BCUT2D eigenvalue weighted by atomic mass is 16.5. The molecule has 2 aromatic rings. The topological polar surface area (TPSA) is 88.6 Å². The van der Waals surface area contributed by atoms with E-state index in [1.165, 1.54) is 0 Å². The van der Waals surface area contributed by atoms with E-state index in [1.807, 2.05) is 24.3 Å². The minimum Gasteiger partial charge on any atom is -0.496 e. The molecule has 8 nitrogen and oxygen atoms in total. The van der Waals surface area contributed by atoms with Crippen molar-refractivity contribution < 1.29 is 14.3 Å². The SMILES string of the molecule is COc1ccccc1CCNC(=O)c1ccc(NCCN2CCOCC2)nn1. The molecule has 2 N–H and O–H groups in total. The van der Waals surface area contributed by atoms with Crippen molar-refractivity contribution in [3.63, 3.8) is 0 Å². The van der Waals surface area contributed by atoms with Crippen molar-refractivity contribution in [2.75, 3.05) is 58.4 Å². The highest BCUT2D eigenvalue weighted by Gasteiger charge is 2.11. The number of nitrogens with zero attached hydrogens (tertiary/aromatic N) is 3. The molecule has 0 spiro atoms. The Labute approximate surface area is 165 Å². The lowest BCUT2D eigenvalue weighted by molar-refractivity contribution is 0.0398. The highest BCUT2D eigenvalue weighted by molar-refractivity contribution is 5.92. The van der Waals surface area contributed by atoms with E-state index >= 15 is 0 Å². The smallest absolute Gasteiger partial charge is 0.271 e. The Balaban J connectivity index is 1.40. The predicted octanol–water partition coefficient (Wildman–Crippen LogP) is 1.20. The van der Waals surface area contributed by atoms with E-state index in [2.05, 4.69) is 25.7 Å². The molecule has 3 rings (SSSR count). The van der Waals surface area contributed by atoms with E-state index in [4.69, 9.17) is 9.47 Å². The van der Waals surface area contributed by atoms with Crippen LogP contribution in [0.15, 0.2) is 36.4 Å². The molecule has 28 heavy (non-hydrogen) atoms. The van der Waals surface area contributed by atoms with Gasteiger partial charge in [0.2, 0.25) is 0 Å². The minimum atomic E-state index is -0.234. The molecule has 1 aliphatic rings. The number of morpholine rings is 1. The zero-order chi connectivity index (χ0) is 19.6. The molecule has 1 aliphatic heterocycles. The summed E-state index contributed by atoms with van der Waals surface area (Å²) < 4.78 is 10.7. The van der Waals surface area contributed by atoms with Crippen LogP contribution in [0.5, 0.6) is 5.75 Å². The number of amides is 1. The summed E-state index contributed by atoms with van der Waals surface area (Å²) in [6.45, 7) is 5.71. The molecular weight excluding hydrogens is 358 g/mol. The summed E-state index contributed by atoms with van der Waals surface area (Å²) in [5, 5.41) is 14.2. The summed E-state index contributed by atoms with van der Waals surface area (Å²) in [5.41, 5.74) is 1.36. The maximum absolute atomic E-state index is 12.2. The minimum absolute atomic E-state index is 0.234. The van der Waals surface area contributed by atoms with E-state index in [1.54, 1.807) is 19.2 Å². The van der Waals surface area contributed by atoms with Gasteiger partial charge in [0, 0.05) is 32.7 Å². The Kier molecular flexibility index (Phi) is 7.57. The summed E-state index contributed by atoms with van der Waals surface area (Å²) in [6.07, 6.45) is 0.685. The molecule has 1 amide bonds. The van der Waals surface area contributed by atoms with Crippen molar-refractivity contribution in [2.45, 2.75) is 6.42 Å². The number of benzene rings is 1. The van der Waals surface area contributed by atoms with Gasteiger partial charge in [-0.15, -0.1) is 10.2 Å². The number of ether oxygens (including phenoxy) is 2. The van der Waals surface area contributed by atoms with Gasteiger partial charge in [-0.05, 0) is 30.2 Å². The Morgan fingerprint density at radius 2 is 1.96 bits per heavy atom. The molecule has 0 atom stereocenters. The van der Waals surface area contributed by atoms with Crippen LogP contribution in [0.2, 0.25) is 0 Å². The third kappa shape index (κ3) is 5.90. The maximum Gasteiger partial charge on any atom is 0.271 e. The van der Waals surface area contributed by atoms with Gasteiger partial charge >= 0.3 is 0 Å². The Morgan fingerprint density at radius 3 is 2.71 bits per heavy atom. The lowest BCUT2D eigenvalue weighted by Crippen LogP contribution is -2.39. The van der Waals surface area contributed by atoms with Crippen LogP contribution in [-0.4, -0.2) is 74.1 Å². The Bertz CT molecular complexity index is 748. The van der Waals surface area contributed by atoms with Crippen molar-refractivity contribution in [1.29, 1.82) is 0 Å². The Hall–Kier alpha value is -2.71. The third-order valence-corrected chi connectivity index (χ3v) is 4.61. The van der Waals surface area contributed by atoms with E-state index in [-0.39, 0.29) is 5.91 Å². The number of nitrogens with one attached hydrogen (secondary N) is 2. The molecule has 0 saturated carbocycles. The molecule has 1 aromatic heterocycles. The molecule has 1 aromatic carbocycles. The maximum atomic E-state index is 12.2. The number of anilines is 1. The van der Waals surface area contributed by atoms with Gasteiger partial charge in [-0.2, -0.15) is 0 Å². The van der Waals surface area contributed by atoms with Crippen LogP contribution in [0.4, 0.5) is 5.82 Å². The van der Waals surface area contributed by atoms with E-state index in [0.717, 1.165) is 50.7 Å². The molecule has 150 valence electrons. The molecule has 1 saturated heterocycles. The van der Waals surface area contributed by atoms with Crippen LogP contribution in [0.25, 0.3) is 0 Å². The summed E-state index contributed by atoms with van der Waals surface area (Å²) in [5.74, 6) is 1.25. The van der Waals surface area contributed by atoms with Gasteiger partial charge in [0.25, 0.3) is 5.91 Å². The summed E-state index contributed by atoms with van der Waals surface area (Å²) in [6, 6.07) is 11.2. The largest absolute Gasteiger partial charge is 0.496 e. The lowest BCUT2D eigenvalue weighted by Gasteiger charge is -2.26. The fourth-order valence-electron chi connectivity index (χ4n) is 3.03. The first kappa shape index (κ1) is 20.0. The van der Waals surface area contributed by atoms with Crippen LogP contribution in [0.3, 0.4) is 0 Å². The highest BCUT2D eigenvalue weighted by Crippen LogP contribution is 2.17. The van der Waals surface area contributed by atoms with Crippen molar-refractivity contribution >= 4 is 11.7 Å². The number of rotatable bonds is 9. The zero-order valence-electron chi connectivity index (χ0n) is 16.2. The summed E-state index contributed by atoms with van der Waals surface area (Å²) >= 11 is 0. The lowest BCUT2D eigenvalue weighted by atomic mass is 10.1. The van der Waals surface area contributed by atoms with Gasteiger partial charge in [-0.1, -0.05) is 18.2 Å². The second-order valence-corrected chi connectivity index (χ2v) is 6.50. The average molecular weight is 385 g/mol. The normalized spacial score (nSPS) is 14.5. The zero-order valence-corrected chi connectivity index (χ0v) is 16.2. The number of carbonyl (C=O) groups is 1. The molecule has 2 heterocycles. The van der Waals surface area contributed by atoms with Crippen molar-refractivity contribution in [3.05, 3.63) is 47.7 Å². The van der Waals surface area contributed by atoms with Gasteiger partial charge in [0.1, 0.15) is 11.6 Å². The first-order valence-electron chi connectivity index (χ1n) is 9.54. The third-order valence-electron chi connectivity index (χ3n) is 4.61. The van der Waals surface area contributed by atoms with E-state index < -0.39 is 0 Å². The van der Waals surface area contributed by atoms with Crippen LogP contribution in [-0.2, 0) is 11.2 Å². The number of hydrogen-bond donors (Lipinski definition) is 2. The van der Waals surface area contributed by atoms with Crippen LogP contribution < -0.4 is 15.4 Å². The number of para-hydroxylation sites is 1. The van der Waals surface area contributed by atoms with Gasteiger partial charge in [-0.3, -0.25) is 9.69 Å². The van der Waals surface area contributed by atoms with Crippen LogP contribution in [0, 0.1) is 0 Å². The van der Waals surface area contributed by atoms with Gasteiger partial charge in [0.05, 0.1) is 20.3 Å². The summed E-state index contributed by atoms with van der Waals surface area (Å²) in [4.78, 5) is 14.6. The number of aromatic nitrogens is 2. The van der Waals surface area contributed by atoms with Gasteiger partial charge in [0.15, 0.2) is 5.69 Å². The standard InChI is InChI=1S/C20H27N5O3/c1-27-18-5-3-2-4-16(18)8-9-22-20(26)17-6-7-19(24-23-17)21-10-11-25-12-14-28-15-13-25/h2-7H,8-15H2,1H3,(H,21,24)(H,22,26). The van der Waals surface area contributed by atoms with Crippen LogP contribution >= 0.6 is 0 Å². The second kappa shape index (κ2) is 10.6. The average Bonchev–Trinajstić information content (AvgIpc) is 2.75. The molecule has 0 unspecified atom stereocenters. The molecular formula is C20H27N5O3. The second-order valence-electron chi connectivity index (χ2n) is 6.50. The van der Waals surface area contributed by atoms with Gasteiger partial charge in [-0.25, -0.2) is 0 Å². The predicted molar refractivity (Wildman–Crippen MR) is 107 cm³/mol. The first-order valence-corrected chi connectivity index (χ1v) is 9.54. The number of carbonyl (C=O) groups excluding carboxylic acids is 1. The number of methoxy groups -OCH3 is 1. The Morgan fingerprint density at radius 1 is 1.14 bits per heavy atom. The molecule has 0 aliphatic carbocycles. The van der Waals surface area contributed by atoms with Crippen molar-refractivity contribution in [3.8, 4) is 5.75 Å². The molecule has 0 bridgehead atoms. The summed E-state index contributed by atoms with van der Waals surface area (Å²) in [7, 11) is 1.64. The van der Waals surface area contributed by atoms with Crippen molar-refractivity contribution in [1.82, 2.24) is 20.4 Å². The molecule has 0 radical (unpaired) electrons. The van der Waals surface area contributed by atoms with Crippen LogP contribution in [0.1, 0.15) is 16.1 Å². The monoisotopic (exact) mass is 385 g/mol. The van der Waals surface area contributed by atoms with Gasteiger partial charge < -0.3 is 20.1 Å². The first-order chi connectivity index (χ1) is 13.8. The molecule has 8 heteroatoms. The fourth-order valence-corrected chi connectivity index (χ4v) is 3.03. The number of hydrogen-bond acceptors (Lipinski definition) is 7. The van der Waals surface area contributed by atoms with E-state index in [0.29, 0.717) is 24.5 Å². The molecule has 1 fully saturated rings.